The summed E-state index contributed by atoms with van der Waals surface area (Å²) in [5, 5.41) is 12.6. The van der Waals surface area contributed by atoms with Crippen LogP contribution in [0.4, 0.5) is 4.79 Å². The van der Waals surface area contributed by atoms with Crippen molar-refractivity contribution in [2.24, 2.45) is 0 Å². The largest absolute Gasteiger partial charge is 0.449 e. The molecule has 1 heterocycles. The lowest BCUT2D eigenvalue weighted by Crippen LogP contribution is -2.50. The molecule has 2 aromatic carbocycles. The Balaban J connectivity index is 1.14. The monoisotopic (exact) mass is 467 g/mol. The molecule has 9 nitrogen and oxygen atoms in total. The van der Waals surface area contributed by atoms with Gasteiger partial charge in [0.1, 0.15) is 11.4 Å². The highest BCUT2D eigenvalue weighted by Crippen LogP contribution is 2.44. The summed E-state index contributed by atoms with van der Waals surface area (Å²) in [5.41, 5.74) is 4.62. The SMILES string of the molecule is O=C(CCCCCNC(=O)OCC1c2ccccc2-c2ccccc21)O[N+]1(O)C(=O)CCC1=O. The van der Waals surface area contributed by atoms with Crippen LogP contribution < -0.4 is 5.32 Å². The number of hydrogen-bond donors (Lipinski definition) is 2. The Morgan fingerprint density at radius 1 is 0.912 bits per heavy atom. The van der Waals surface area contributed by atoms with Crippen LogP contribution in [-0.2, 0) is 24.0 Å². The summed E-state index contributed by atoms with van der Waals surface area (Å²) in [6, 6.07) is 16.2. The quantitative estimate of drug-likeness (QED) is 0.250. The molecule has 178 valence electrons. The maximum absolute atomic E-state index is 12.2. The first-order valence-corrected chi connectivity index (χ1v) is 11.4. The molecule has 0 unspecified atom stereocenters. The minimum absolute atomic E-state index is 0.00369. The van der Waals surface area contributed by atoms with Gasteiger partial charge >= 0.3 is 23.9 Å². The highest BCUT2D eigenvalue weighted by Gasteiger charge is 2.55. The van der Waals surface area contributed by atoms with E-state index in [1.54, 1.807) is 0 Å². The van der Waals surface area contributed by atoms with E-state index in [9.17, 15) is 24.4 Å². The molecule has 3 amide bonds. The highest BCUT2D eigenvalue weighted by molar-refractivity contribution is 5.91. The second kappa shape index (κ2) is 10.1. The Morgan fingerprint density at radius 2 is 1.50 bits per heavy atom. The first kappa shape index (κ1) is 23.6. The van der Waals surface area contributed by atoms with E-state index in [2.05, 4.69) is 34.4 Å². The van der Waals surface area contributed by atoms with E-state index in [1.165, 1.54) is 11.1 Å². The van der Waals surface area contributed by atoms with Crippen molar-refractivity contribution in [3.63, 3.8) is 0 Å². The van der Waals surface area contributed by atoms with Gasteiger partial charge in [0.15, 0.2) is 0 Å². The predicted molar refractivity (Wildman–Crippen MR) is 119 cm³/mol. The molecule has 2 aliphatic rings. The summed E-state index contributed by atoms with van der Waals surface area (Å²) < 4.78 is 5.47. The number of unbranched alkanes of at least 4 members (excludes halogenated alkanes) is 2. The van der Waals surface area contributed by atoms with Crippen LogP contribution in [0.1, 0.15) is 55.6 Å². The number of carbonyl (C=O) groups excluding carboxylic acids is 4. The lowest BCUT2D eigenvalue weighted by molar-refractivity contribution is -1.12. The first-order valence-electron chi connectivity index (χ1n) is 11.4. The summed E-state index contributed by atoms with van der Waals surface area (Å²) in [5.74, 6) is -2.51. The van der Waals surface area contributed by atoms with Crippen molar-refractivity contribution >= 4 is 23.9 Å². The zero-order valence-electron chi connectivity index (χ0n) is 18.7. The zero-order chi connectivity index (χ0) is 24.1. The number of imide groups is 1. The number of fused-ring (bicyclic) bond motifs is 3. The molecule has 0 aromatic heterocycles. The number of hydrogen-bond acceptors (Lipinski definition) is 7. The van der Waals surface area contributed by atoms with E-state index >= 15 is 0 Å². The van der Waals surface area contributed by atoms with E-state index in [4.69, 9.17) is 4.74 Å². The van der Waals surface area contributed by atoms with Gasteiger partial charge in [0.05, 0.1) is 19.3 Å². The third-order valence-electron chi connectivity index (χ3n) is 6.13. The van der Waals surface area contributed by atoms with E-state index in [0.717, 1.165) is 11.1 Å². The molecule has 0 radical (unpaired) electrons. The topological polar surface area (TPSA) is 119 Å². The number of nitrogens with zero attached hydrogens (tertiary/aromatic N) is 1. The Bertz CT molecular complexity index is 1050. The van der Waals surface area contributed by atoms with E-state index < -0.39 is 28.7 Å². The van der Waals surface area contributed by atoms with Gasteiger partial charge in [0.25, 0.3) is 0 Å². The number of benzene rings is 2. The molecule has 4 rings (SSSR count). The Kier molecular flexibility index (Phi) is 7.04. The molecule has 2 aromatic rings. The predicted octanol–water partition coefficient (Wildman–Crippen LogP) is 3.60. The van der Waals surface area contributed by atoms with Crippen LogP contribution in [0, 0.1) is 0 Å². The summed E-state index contributed by atoms with van der Waals surface area (Å²) >= 11 is 0. The third kappa shape index (κ3) is 4.85. The molecule has 0 spiro atoms. The minimum atomic E-state index is -1.89. The van der Waals surface area contributed by atoms with Crippen molar-refractivity contribution in [2.45, 2.75) is 44.4 Å². The van der Waals surface area contributed by atoms with Crippen molar-refractivity contribution in [1.82, 2.24) is 5.32 Å². The molecular weight excluding hydrogens is 440 g/mol. The van der Waals surface area contributed by atoms with Crippen LogP contribution in [0.15, 0.2) is 48.5 Å². The number of rotatable bonds is 9. The fraction of sp³-hybridized carbons (Fsp3) is 0.360. The number of ether oxygens (including phenoxy) is 1. The maximum Gasteiger partial charge on any atom is 0.407 e. The number of amides is 3. The Hall–Kier alpha value is -3.56. The Morgan fingerprint density at radius 3 is 2.12 bits per heavy atom. The van der Waals surface area contributed by atoms with Gasteiger partial charge in [-0.25, -0.2) is 24.0 Å². The normalized spacial score (nSPS) is 16.1. The highest BCUT2D eigenvalue weighted by atomic mass is 17.0. The van der Waals surface area contributed by atoms with E-state index in [1.807, 2.05) is 24.3 Å². The molecule has 9 heteroatoms. The number of quaternary nitrogens is 1. The molecule has 1 fully saturated rings. The van der Waals surface area contributed by atoms with Gasteiger partial charge in [-0.1, -0.05) is 55.0 Å². The molecular formula is C25H27N2O7+. The lowest BCUT2D eigenvalue weighted by Gasteiger charge is -2.15. The third-order valence-corrected chi connectivity index (χ3v) is 6.13. The minimum Gasteiger partial charge on any atom is -0.449 e. The maximum atomic E-state index is 12.2. The molecule has 0 saturated carbocycles. The second-order valence-electron chi connectivity index (χ2n) is 8.39. The lowest BCUT2D eigenvalue weighted by atomic mass is 9.98. The summed E-state index contributed by atoms with van der Waals surface area (Å²) in [6.45, 7) is 0.618. The van der Waals surface area contributed by atoms with Crippen LogP contribution in [0.5, 0.6) is 0 Å². The van der Waals surface area contributed by atoms with Gasteiger partial charge in [-0.15, -0.1) is 0 Å². The number of carbonyl (C=O) groups is 4. The van der Waals surface area contributed by atoms with Crippen molar-refractivity contribution in [1.29, 1.82) is 0 Å². The summed E-state index contributed by atoms with van der Waals surface area (Å²) in [4.78, 5) is 49.9. The standard InChI is InChI=1S/C25H26N2O7/c28-22-13-14-23(29)27(22,32)34-24(30)12-2-1-7-15-26-25(31)33-16-21-19-10-5-3-8-17(19)18-9-4-6-11-20(18)21/h3-6,8-11,21,32H,1-2,7,12-16H2/p+1. The van der Waals surface area contributed by atoms with Crippen LogP contribution in [-0.4, -0.2) is 47.0 Å². The van der Waals surface area contributed by atoms with Crippen LogP contribution in [0.25, 0.3) is 11.1 Å². The van der Waals surface area contributed by atoms with E-state index in [0.29, 0.717) is 25.8 Å². The van der Waals surface area contributed by atoms with Crippen molar-refractivity contribution in [3.8, 4) is 11.1 Å². The molecule has 1 aliphatic heterocycles. The molecule has 2 N–H and O–H groups in total. The molecule has 34 heavy (non-hydrogen) atoms. The average Bonchev–Trinajstić information content (AvgIpc) is 3.29. The summed E-state index contributed by atoms with van der Waals surface area (Å²) in [7, 11) is 0. The molecule has 0 bridgehead atoms. The van der Waals surface area contributed by atoms with Gasteiger partial charge < -0.3 is 10.1 Å². The fourth-order valence-corrected chi connectivity index (χ4v) is 4.36. The first-order chi connectivity index (χ1) is 16.4. The van der Waals surface area contributed by atoms with Crippen LogP contribution >= 0.6 is 0 Å². The van der Waals surface area contributed by atoms with Gasteiger partial charge in [-0.05, 0) is 35.1 Å². The van der Waals surface area contributed by atoms with Crippen LogP contribution in [0.2, 0.25) is 0 Å². The average molecular weight is 467 g/mol. The summed E-state index contributed by atoms with van der Waals surface area (Å²) in [6.07, 6.45) is 0.785. The molecule has 1 saturated heterocycles. The number of hydroxylamine groups is 4. The van der Waals surface area contributed by atoms with Gasteiger partial charge in [-0.2, -0.15) is 5.21 Å². The van der Waals surface area contributed by atoms with E-state index in [-0.39, 0.29) is 31.8 Å². The van der Waals surface area contributed by atoms with Crippen molar-refractivity contribution < 1.29 is 38.8 Å². The van der Waals surface area contributed by atoms with Gasteiger partial charge in [0.2, 0.25) is 0 Å². The van der Waals surface area contributed by atoms with Crippen molar-refractivity contribution in [2.75, 3.05) is 13.2 Å². The zero-order valence-corrected chi connectivity index (χ0v) is 18.7. The van der Waals surface area contributed by atoms with Crippen LogP contribution in [0.3, 0.4) is 0 Å². The second-order valence-corrected chi connectivity index (χ2v) is 8.39. The number of alkyl carbamates (subject to hydrolysis) is 1. The molecule has 0 atom stereocenters. The Labute approximate surface area is 196 Å². The number of nitrogens with one attached hydrogen (secondary N) is 1. The fourth-order valence-electron chi connectivity index (χ4n) is 4.36. The van der Waals surface area contributed by atoms with Crippen molar-refractivity contribution in [3.05, 3.63) is 59.7 Å². The smallest absolute Gasteiger partial charge is 0.407 e. The van der Waals surface area contributed by atoms with Gasteiger partial charge in [0, 0.05) is 12.5 Å². The molecule has 1 aliphatic carbocycles. The van der Waals surface area contributed by atoms with Gasteiger partial charge in [-0.3, -0.25) is 0 Å².